The molecule has 5 heteroatoms. The van der Waals surface area contributed by atoms with E-state index in [4.69, 9.17) is 9.90 Å². The van der Waals surface area contributed by atoms with Crippen LogP contribution in [-0.2, 0) is 16.6 Å². The van der Waals surface area contributed by atoms with Crippen molar-refractivity contribution in [2.24, 2.45) is 5.92 Å². The van der Waals surface area contributed by atoms with E-state index in [0.29, 0.717) is 0 Å². The molecule has 1 amide bonds. The highest BCUT2D eigenvalue weighted by molar-refractivity contribution is 5.94. The molecule has 2 saturated heterocycles. The number of rotatable bonds is 9. The van der Waals surface area contributed by atoms with E-state index in [2.05, 4.69) is 70.5 Å². The molecule has 1 N–H and O–H groups in total. The summed E-state index contributed by atoms with van der Waals surface area (Å²) >= 11 is 0. The molecule has 0 saturated carbocycles. The van der Waals surface area contributed by atoms with Gasteiger partial charge in [0.25, 0.3) is 12.4 Å². The van der Waals surface area contributed by atoms with Crippen LogP contribution >= 0.6 is 0 Å². The number of likely N-dealkylation sites (tertiary alicyclic amines) is 2. The molecule has 212 valence electrons. The highest BCUT2D eigenvalue weighted by atomic mass is 16.3. The number of amides is 1. The first-order valence-corrected chi connectivity index (χ1v) is 14.9. The second-order valence-corrected chi connectivity index (χ2v) is 11.3. The summed E-state index contributed by atoms with van der Waals surface area (Å²) in [7, 11) is 0. The highest BCUT2D eigenvalue weighted by Gasteiger charge is 2.37. The fraction of sp³-hybridized carbons (Fsp3) is 0.429. The molecule has 0 aliphatic carbocycles. The molecule has 0 aromatic heterocycles. The lowest BCUT2D eigenvalue weighted by Gasteiger charge is -2.44. The van der Waals surface area contributed by atoms with Crippen LogP contribution < -0.4 is 0 Å². The van der Waals surface area contributed by atoms with Crippen molar-refractivity contribution in [3.63, 3.8) is 0 Å². The molecule has 2 heterocycles. The number of carbonyl (C=O) groups is 2. The normalized spacial score (nSPS) is 17.4. The van der Waals surface area contributed by atoms with Crippen LogP contribution in [-0.4, -0.2) is 60.0 Å². The van der Waals surface area contributed by atoms with Gasteiger partial charge in [-0.05, 0) is 99.2 Å². The van der Waals surface area contributed by atoms with Crippen molar-refractivity contribution in [1.82, 2.24) is 9.80 Å². The van der Waals surface area contributed by atoms with Gasteiger partial charge in [0, 0.05) is 18.7 Å². The Kier molecular flexibility index (Phi) is 11.4. The summed E-state index contributed by atoms with van der Waals surface area (Å²) in [6.45, 7) is 5.06. The van der Waals surface area contributed by atoms with Crippen molar-refractivity contribution in [3.8, 4) is 0 Å². The lowest BCUT2D eigenvalue weighted by Crippen LogP contribution is -2.47. The second kappa shape index (κ2) is 15.4. The Labute approximate surface area is 239 Å². The topological polar surface area (TPSA) is 60.9 Å². The number of carboxylic acid groups (broad SMARTS) is 1. The Bertz CT molecular complexity index is 1140. The summed E-state index contributed by atoms with van der Waals surface area (Å²) in [5, 5.41) is 6.89. The predicted molar refractivity (Wildman–Crippen MR) is 162 cm³/mol. The summed E-state index contributed by atoms with van der Waals surface area (Å²) < 4.78 is 0. The Balaban J connectivity index is 0.00000118. The third kappa shape index (κ3) is 8.28. The lowest BCUT2D eigenvalue weighted by molar-refractivity contribution is -0.122. The van der Waals surface area contributed by atoms with E-state index in [9.17, 15) is 4.79 Å². The molecule has 0 radical (unpaired) electrons. The molecule has 0 unspecified atom stereocenters. The number of carbonyl (C=O) groups excluding carboxylic acids is 1. The number of benzene rings is 3. The molecule has 5 rings (SSSR count). The van der Waals surface area contributed by atoms with Gasteiger partial charge in [0.05, 0.1) is 0 Å². The third-order valence-electron chi connectivity index (χ3n) is 8.95. The quantitative estimate of drug-likeness (QED) is 0.307. The van der Waals surface area contributed by atoms with Crippen LogP contribution in [0.2, 0.25) is 0 Å². The van der Waals surface area contributed by atoms with Gasteiger partial charge >= 0.3 is 0 Å². The molecule has 40 heavy (non-hydrogen) atoms. The molecule has 0 bridgehead atoms. The van der Waals surface area contributed by atoms with Gasteiger partial charge in [-0.25, -0.2) is 0 Å². The SMILES string of the molecule is O=C(c1ccccc1)N1CCC(CCN2CCC(CCCc3ccccc3)CC2)(c2ccccc2)CC1.O=CO. The van der Waals surface area contributed by atoms with Crippen molar-refractivity contribution < 1.29 is 14.7 Å². The summed E-state index contributed by atoms with van der Waals surface area (Å²) in [4.78, 5) is 26.2. The van der Waals surface area contributed by atoms with Crippen LogP contribution in [0, 0.1) is 5.92 Å². The number of hydrogen-bond donors (Lipinski definition) is 1. The fourth-order valence-electron chi connectivity index (χ4n) is 6.49. The van der Waals surface area contributed by atoms with Crippen molar-refractivity contribution in [3.05, 3.63) is 108 Å². The summed E-state index contributed by atoms with van der Waals surface area (Å²) in [6.07, 6.45) is 9.84. The molecule has 3 aromatic carbocycles. The Morgan fingerprint density at radius 2 is 1.38 bits per heavy atom. The highest BCUT2D eigenvalue weighted by Crippen LogP contribution is 2.39. The first-order chi connectivity index (χ1) is 19.6. The van der Waals surface area contributed by atoms with Gasteiger partial charge in [0.1, 0.15) is 0 Å². The zero-order valence-corrected chi connectivity index (χ0v) is 23.7. The third-order valence-corrected chi connectivity index (χ3v) is 8.95. The molecular weight excluding hydrogens is 496 g/mol. The zero-order valence-electron chi connectivity index (χ0n) is 23.7. The van der Waals surface area contributed by atoms with Gasteiger partial charge < -0.3 is 14.9 Å². The summed E-state index contributed by atoms with van der Waals surface area (Å²) in [5.74, 6) is 1.06. The first-order valence-electron chi connectivity index (χ1n) is 14.9. The van der Waals surface area contributed by atoms with Gasteiger partial charge in [-0.3, -0.25) is 9.59 Å². The van der Waals surface area contributed by atoms with E-state index in [1.807, 2.05) is 30.3 Å². The van der Waals surface area contributed by atoms with E-state index in [0.717, 1.165) is 44.0 Å². The number of hydrogen-bond acceptors (Lipinski definition) is 3. The summed E-state index contributed by atoms with van der Waals surface area (Å²) in [5.41, 5.74) is 3.91. The van der Waals surface area contributed by atoms with Gasteiger partial charge in [-0.2, -0.15) is 0 Å². The summed E-state index contributed by atoms with van der Waals surface area (Å²) in [6, 6.07) is 31.8. The molecule has 2 aliphatic heterocycles. The zero-order chi connectivity index (χ0) is 28.0. The Morgan fingerprint density at radius 3 is 1.98 bits per heavy atom. The minimum atomic E-state index is -0.250. The van der Waals surface area contributed by atoms with Crippen LogP contribution in [0.1, 0.15) is 66.4 Å². The molecule has 2 fully saturated rings. The van der Waals surface area contributed by atoms with Gasteiger partial charge in [-0.1, -0.05) is 85.3 Å². The van der Waals surface area contributed by atoms with Crippen molar-refractivity contribution in [1.29, 1.82) is 0 Å². The minimum absolute atomic E-state index is 0.168. The molecule has 0 spiro atoms. The van der Waals surface area contributed by atoms with Crippen LogP contribution in [0.3, 0.4) is 0 Å². The standard InChI is InChI=1S/C34H42N2O.CH2O2/c37-33(31-15-6-2-7-16-31)36-27-22-34(23-28-36,32-17-8-3-9-18-32)21-26-35-24-19-30(20-25-35)14-10-13-29-11-4-1-5-12-29;2-1-3/h1-9,11-12,15-18,30H,10,13-14,19-28H2;1H,(H,2,3). The Morgan fingerprint density at radius 1 is 0.825 bits per heavy atom. The van der Waals surface area contributed by atoms with Crippen molar-refractivity contribution in [2.45, 2.75) is 56.8 Å². The lowest BCUT2D eigenvalue weighted by atomic mass is 9.70. The first kappa shape index (κ1) is 29.5. The maximum Gasteiger partial charge on any atom is 0.290 e. The van der Waals surface area contributed by atoms with Gasteiger partial charge in [0.15, 0.2) is 0 Å². The molecule has 3 aromatic rings. The van der Waals surface area contributed by atoms with E-state index >= 15 is 0 Å². The van der Waals surface area contributed by atoms with E-state index in [1.165, 1.54) is 62.7 Å². The van der Waals surface area contributed by atoms with E-state index in [-0.39, 0.29) is 17.8 Å². The largest absolute Gasteiger partial charge is 0.483 e. The number of nitrogens with zero attached hydrogens (tertiary/aromatic N) is 2. The maximum absolute atomic E-state index is 13.1. The molecule has 5 nitrogen and oxygen atoms in total. The van der Waals surface area contributed by atoms with Crippen LogP contribution in [0.25, 0.3) is 0 Å². The molecule has 0 atom stereocenters. The van der Waals surface area contributed by atoms with Crippen LogP contribution in [0.4, 0.5) is 0 Å². The van der Waals surface area contributed by atoms with Crippen LogP contribution in [0.5, 0.6) is 0 Å². The van der Waals surface area contributed by atoms with Crippen molar-refractivity contribution in [2.75, 3.05) is 32.7 Å². The number of aryl methyl sites for hydroxylation is 1. The van der Waals surface area contributed by atoms with E-state index < -0.39 is 0 Å². The molecular formula is C35H44N2O3. The van der Waals surface area contributed by atoms with Crippen LogP contribution in [0.15, 0.2) is 91.0 Å². The average Bonchev–Trinajstić information content (AvgIpc) is 3.02. The Hall–Kier alpha value is -3.44. The monoisotopic (exact) mass is 540 g/mol. The second-order valence-electron chi connectivity index (χ2n) is 11.3. The fourth-order valence-corrected chi connectivity index (χ4v) is 6.49. The predicted octanol–water partition coefficient (Wildman–Crippen LogP) is 6.69. The van der Waals surface area contributed by atoms with Gasteiger partial charge in [0.2, 0.25) is 0 Å². The average molecular weight is 541 g/mol. The number of piperidine rings is 2. The molecule has 2 aliphatic rings. The maximum atomic E-state index is 13.1. The van der Waals surface area contributed by atoms with Crippen molar-refractivity contribution >= 4 is 12.4 Å². The van der Waals surface area contributed by atoms with Gasteiger partial charge in [-0.15, -0.1) is 0 Å². The van der Waals surface area contributed by atoms with E-state index in [1.54, 1.807) is 0 Å². The smallest absolute Gasteiger partial charge is 0.290 e. The minimum Gasteiger partial charge on any atom is -0.483 e.